The number of aromatic nitrogens is 2. The summed E-state index contributed by atoms with van der Waals surface area (Å²) in [4.78, 5) is 17.3. The van der Waals surface area contributed by atoms with Crippen LogP contribution in [0.1, 0.15) is 32.6 Å². The van der Waals surface area contributed by atoms with Crippen LogP contribution < -0.4 is 11.3 Å². The minimum absolute atomic E-state index is 0.219. The fourth-order valence-electron chi connectivity index (χ4n) is 1.02. The second kappa shape index (κ2) is 3.42. The topological polar surface area (TPSA) is 92.0 Å². The zero-order chi connectivity index (χ0) is 10.9. The maximum Gasteiger partial charge on any atom is 0.254 e. The average molecular weight is 197 g/mol. The minimum atomic E-state index is -0.415. The van der Waals surface area contributed by atoms with Gasteiger partial charge in [-0.25, -0.2) is 0 Å². The van der Waals surface area contributed by atoms with Crippen molar-refractivity contribution in [1.29, 1.82) is 0 Å². The molecule has 0 aliphatic heterocycles. The van der Waals surface area contributed by atoms with Crippen molar-refractivity contribution in [3.8, 4) is 5.88 Å². The van der Waals surface area contributed by atoms with Gasteiger partial charge in [0.15, 0.2) is 0 Å². The van der Waals surface area contributed by atoms with Gasteiger partial charge in [-0.2, -0.15) is 4.98 Å². The molecule has 1 atom stereocenters. The fraction of sp³-hybridized carbons (Fsp3) is 0.556. The molecule has 1 aromatic rings. The molecule has 0 aromatic carbocycles. The van der Waals surface area contributed by atoms with Gasteiger partial charge in [-0.05, 0) is 5.41 Å². The smallest absolute Gasteiger partial charge is 0.254 e. The van der Waals surface area contributed by atoms with E-state index in [0.29, 0.717) is 5.82 Å². The monoisotopic (exact) mass is 197 g/mol. The first-order chi connectivity index (χ1) is 6.30. The van der Waals surface area contributed by atoms with Crippen molar-refractivity contribution in [2.24, 2.45) is 11.1 Å². The predicted molar refractivity (Wildman–Crippen MR) is 52.9 cm³/mol. The number of H-pyrrole nitrogens is 1. The van der Waals surface area contributed by atoms with Gasteiger partial charge in [0.25, 0.3) is 5.56 Å². The van der Waals surface area contributed by atoms with E-state index in [4.69, 9.17) is 10.8 Å². The Bertz CT molecular complexity index is 378. The SMILES string of the molecule is CC(C)(C)C(N)c1nc(O)cc(=O)[nH]1. The molecule has 0 saturated carbocycles. The summed E-state index contributed by atoms with van der Waals surface area (Å²) in [6, 6.07) is 0.598. The fourth-order valence-corrected chi connectivity index (χ4v) is 1.02. The molecular formula is C9H15N3O2. The Kier molecular flexibility index (Phi) is 2.62. The van der Waals surface area contributed by atoms with Crippen LogP contribution in [0.15, 0.2) is 10.9 Å². The number of aromatic amines is 1. The van der Waals surface area contributed by atoms with Gasteiger partial charge in [0, 0.05) is 0 Å². The van der Waals surface area contributed by atoms with Gasteiger partial charge < -0.3 is 15.8 Å². The Morgan fingerprint density at radius 3 is 2.57 bits per heavy atom. The number of nitrogens with one attached hydrogen (secondary N) is 1. The molecule has 0 aliphatic carbocycles. The van der Waals surface area contributed by atoms with Crippen molar-refractivity contribution >= 4 is 0 Å². The number of nitrogens with two attached hydrogens (primary N) is 1. The summed E-state index contributed by atoms with van der Waals surface area (Å²) in [5.74, 6) is 0.00551. The van der Waals surface area contributed by atoms with Crippen LogP contribution in [-0.4, -0.2) is 15.1 Å². The minimum Gasteiger partial charge on any atom is -0.493 e. The Balaban J connectivity index is 3.14. The van der Waals surface area contributed by atoms with E-state index in [1.165, 1.54) is 0 Å². The number of aromatic hydroxyl groups is 1. The molecule has 1 aromatic heterocycles. The normalized spacial score (nSPS) is 14.0. The number of rotatable bonds is 1. The highest BCUT2D eigenvalue weighted by Gasteiger charge is 2.24. The molecule has 1 rings (SSSR count). The van der Waals surface area contributed by atoms with Crippen LogP contribution in [0.5, 0.6) is 5.88 Å². The average Bonchev–Trinajstić information content (AvgIpc) is 1.99. The lowest BCUT2D eigenvalue weighted by Crippen LogP contribution is -2.29. The maximum atomic E-state index is 11.0. The van der Waals surface area contributed by atoms with Crippen molar-refractivity contribution in [2.45, 2.75) is 26.8 Å². The van der Waals surface area contributed by atoms with Crippen molar-refractivity contribution < 1.29 is 5.11 Å². The third-order valence-electron chi connectivity index (χ3n) is 1.97. The van der Waals surface area contributed by atoms with E-state index >= 15 is 0 Å². The summed E-state index contributed by atoms with van der Waals surface area (Å²) in [7, 11) is 0. The molecule has 1 unspecified atom stereocenters. The summed E-state index contributed by atoms with van der Waals surface area (Å²) in [5.41, 5.74) is 5.25. The first-order valence-electron chi connectivity index (χ1n) is 4.36. The highest BCUT2D eigenvalue weighted by atomic mass is 16.3. The zero-order valence-corrected chi connectivity index (χ0v) is 8.53. The van der Waals surface area contributed by atoms with E-state index in [9.17, 15) is 4.79 Å². The van der Waals surface area contributed by atoms with Crippen LogP contribution in [0.2, 0.25) is 0 Å². The zero-order valence-electron chi connectivity index (χ0n) is 8.53. The Morgan fingerprint density at radius 2 is 2.14 bits per heavy atom. The van der Waals surface area contributed by atoms with Gasteiger partial charge in [-0.15, -0.1) is 0 Å². The lowest BCUT2D eigenvalue weighted by atomic mass is 9.87. The first kappa shape index (κ1) is 10.7. The highest BCUT2D eigenvalue weighted by molar-refractivity contribution is 5.09. The molecule has 14 heavy (non-hydrogen) atoms. The molecule has 0 aliphatic rings. The molecule has 1 heterocycles. The van der Waals surface area contributed by atoms with Crippen LogP contribution in [0.25, 0.3) is 0 Å². The van der Waals surface area contributed by atoms with E-state index < -0.39 is 11.6 Å². The van der Waals surface area contributed by atoms with E-state index in [1.807, 2.05) is 20.8 Å². The summed E-state index contributed by atoms with van der Waals surface area (Å²) >= 11 is 0. The maximum absolute atomic E-state index is 11.0. The molecular weight excluding hydrogens is 182 g/mol. The lowest BCUT2D eigenvalue weighted by Gasteiger charge is -2.25. The van der Waals surface area contributed by atoms with Gasteiger partial charge in [0.2, 0.25) is 5.88 Å². The molecule has 4 N–H and O–H groups in total. The summed E-state index contributed by atoms with van der Waals surface area (Å²) < 4.78 is 0. The van der Waals surface area contributed by atoms with E-state index in [0.717, 1.165) is 6.07 Å². The van der Waals surface area contributed by atoms with E-state index in [2.05, 4.69) is 9.97 Å². The van der Waals surface area contributed by atoms with Crippen LogP contribution in [0.4, 0.5) is 0 Å². The second-order valence-corrected chi connectivity index (χ2v) is 4.33. The summed E-state index contributed by atoms with van der Waals surface area (Å²) in [5, 5.41) is 9.12. The predicted octanol–water partition coefficient (Wildman–Crippen LogP) is 0.521. The molecule has 0 radical (unpaired) electrons. The van der Waals surface area contributed by atoms with Crippen LogP contribution >= 0.6 is 0 Å². The lowest BCUT2D eigenvalue weighted by molar-refractivity contribution is 0.311. The molecule has 0 saturated heterocycles. The standard InChI is InChI=1S/C9H15N3O2/c1-9(2,3)7(10)8-11-5(13)4-6(14)12-8/h4,7H,10H2,1-3H3,(H2,11,12,13,14). The van der Waals surface area contributed by atoms with Crippen molar-refractivity contribution in [2.75, 3.05) is 0 Å². The number of hydrogen-bond donors (Lipinski definition) is 3. The Hall–Kier alpha value is -1.36. The Labute approximate surface area is 82.0 Å². The molecule has 0 fully saturated rings. The summed E-state index contributed by atoms with van der Waals surface area (Å²) in [6.45, 7) is 5.80. The molecule has 0 bridgehead atoms. The van der Waals surface area contributed by atoms with Gasteiger partial charge in [0.1, 0.15) is 5.82 Å². The third-order valence-corrected chi connectivity index (χ3v) is 1.97. The van der Waals surface area contributed by atoms with E-state index in [-0.39, 0.29) is 11.3 Å². The van der Waals surface area contributed by atoms with Crippen molar-refractivity contribution in [3.63, 3.8) is 0 Å². The van der Waals surface area contributed by atoms with Crippen LogP contribution in [0, 0.1) is 5.41 Å². The van der Waals surface area contributed by atoms with Crippen molar-refractivity contribution in [3.05, 3.63) is 22.2 Å². The van der Waals surface area contributed by atoms with Gasteiger partial charge in [-0.3, -0.25) is 4.79 Å². The first-order valence-corrected chi connectivity index (χ1v) is 4.36. The number of hydrogen-bond acceptors (Lipinski definition) is 4. The summed E-state index contributed by atoms with van der Waals surface area (Å²) in [6.07, 6.45) is 0. The van der Waals surface area contributed by atoms with Gasteiger partial charge >= 0.3 is 0 Å². The number of nitrogens with zero attached hydrogens (tertiary/aromatic N) is 1. The van der Waals surface area contributed by atoms with E-state index in [1.54, 1.807) is 0 Å². The van der Waals surface area contributed by atoms with Gasteiger partial charge in [-0.1, -0.05) is 20.8 Å². The largest absolute Gasteiger partial charge is 0.493 e. The Morgan fingerprint density at radius 1 is 1.57 bits per heavy atom. The quantitative estimate of drug-likeness (QED) is 0.612. The highest BCUT2D eigenvalue weighted by Crippen LogP contribution is 2.27. The third kappa shape index (κ3) is 2.32. The molecule has 5 heteroatoms. The van der Waals surface area contributed by atoms with Gasteiger partial charge in [0.05, 0.1) is 12.1 Å². The molecule has 0 spiro atoms. The molecule has 5 nitrogen and oxygen atoms in total. The van der Waals surface area contributed by atoms with Crippen LogP contribution in [0.3, 0.4) is 0 Å². The molecule has 78 valence electrons. The van der Waals surface area contributed by atoms with Crippen LogP contribution in [-0.2, 0) is 0 Å². The van der Waals surface area contributed by atoms with Crippen molar-refractivity contribution in [1.82, 2.24) is 9.97 Å². The second-order valence-electron chi connectivity index (χ2n) is 4.33. The molecule has 0 amide bonds.